The predicted octanol–water partition coefficient (Wildman–Crippen LogP) is 22.4. The van der Waals surface area contributed by atoms with Crippen LogP contribution in [0.4, 0.5) is 0 Å². The van der Waals surface area contributed by atoms with Crippen molar-refractivity contribution in [1.29, 1.82) is 0 Å². The molecule has 0 aromatic heterocycles. The van der Waals surface area contributed by atoms with Crippen molar-refractivity contribution in [3.05, 3.63) is 182 Å². The second-order valence-electron chi connectivity index (χ2n) is 20.5. The van der Waals surface area contributed by atoms with Crippen LogP contribution in [0.25, 0.3) is 0 Å². The second-order valence-corrected chi connectivity index (χ2v) is 20.5. The van der Waals surface area contributed by atoms with E-state index in [1.807, 2.05) is 0 Å². The Hall–Kier alpha value is -5.49. The fraction of sp³-hybridized carbons (Fsp3) is 0.560. The average molecular weight is 1110 g/mol. The molecule has 0 aromatic carbocycles. The van der Waals surface area contributed by atoms with Gasteiger partial charge >= 0.3 is 17.9 Å². The molecule has 0 aliphatic carbocycles. The van der Waals surface area contributed by atoms with Gasteiger partial charge in [-0.2, -0.15) is 0 Å². The van der Waals surface area contributed by atoms with Gasteiger partial charge in [-0.15, -0.1) is 0 Å². The molecule has 0 amide bonds. The van der Waals surface area contributed by atoms with E-state index in [0.717, 1.165) is 167 Å². The van der Waals surface area contributed by atoms with Gasteiger partial charge in [0.2, 0.25) is 0 Å². The first-order valence-electron chi connectivity index (χ1n) is 32.3. The Balaban J connectivity index is 4.58. The van der Waals surface area contributed by atoms with Gasteiger partial charge in [0.1, 0.15) is 13.2 Å². The van der Waals surface area contributed by atoms with Gasteiger partial charge in [0.05, 0.1) is 0 Å². The lowest BCUT2D eigenvalue weighted by Gasteiger charge is -2.18. The fourth-order valence-electron chi connectivity index (χ4n) is 8.10. The van der Waals surface area contributed by atoms with E-state index in [4.69, 9.17) is 14.2 Å². The van der Waals surface area contributed by atoms with Crippen LogP contribution >= 0.6 is 0 Å². The zero-order valence-electron chi connectivity index (χ0n) is 51.7. The molecule has 452 valence electrons. The van der Waals surface area contributed by atoms with E-state index in [1.54, 1.807) is 0 Å². The molecule has 1 unspecified atom stereocenters. The van der Waals surface area contributed by atoms with Crippen molar-refractivity contribution in [3.63, 3.8) is 0 Å². The van der Waals surface area contributed by atoms with Gasteiger partial charge < -0.3 is 14.2 Å². The highest BCUT2D eigenvalue weighted by molar-refractivity contribution is 5.71. The van der Waals surface area contributed by atoms with Gasteiger partial charge in [0, 0.05) is 19.3 Å². The third-order valence-corrected chi connectivity index (χ3v) is 12.9. The molecule has 0 aromatic rings. The minimum absolute atomic E-state index is 0.119. The molecule has 6 heteroatoms. The maximum absolute atomic E-state index is 12.9. The number of esters is 3. The molecular weight excluding hydrogens is 997 g/mol. The summed E-state index contributed by atoms with van der Waals surface area (Å²) in [6, 6.07) is 0. The van der Waals surface area contributed by atoms with Crippen molar-refractivity contribution >= 4 is 17.9 Å². The molecule has 81 heavy (non-hydrogen) atoms. The third kappa shape index (κ3) is 65.2. The van der Waals surface area contributed by atoms with Crippen molar-refractivity contribution in [1.82, 2.24) is 0 Å². The van der Waals surface area contributed by atoms with Crippen molar-refractivity contribution in [2.24, 2.45) is 0 Å². The molecular formula is C75H116O6. The van der Waals surface area contributed by atoms with E-state index >= 15 is 0 Å². The van der Waals surface area contributed by atoms with Crippen LogP contribution in [0.1, 0.15) is 252 Å². The fourth-order valence-corrected chi connectivity index (χ4v) is 8.10. The number of unbranched alkanes of at least 4 members (excludes halogenated alkanes) is 15. The summed E-state index contributed by atoms with van der Waals surface area (Å²) < 4.78 is 16.9. The van der Waals surface area contributed by atoms with Gasteiger partial charge in [0.15, 0.2) is 6.10 Å². The van der Waals surface area contributed by atoms with Crippen molar-refractivity contribution in [2.45, 2.75) is 258 Å². The smallest absolute Gasteiger partial charge is 0.306 e. The lowest BCUT2D eigenvalue weighted by atomic mass is 10.1. The Morgan fingerprint density at radius 2 is 0.481 bits per heavy atom. The number of ether oxygens (including phenoxy) is 3. The van der Waals surface area contributed by atoms with Crippen LogP contribution in [0.5, 0.6) is 0 Å². The van der Waals surface area contributed by atoms with Crippen LogP contribution in [0.15, 0.2) is 182 Å². The van der Waals surface area contributed by atoms with Crippen LogP contribution in [-0.4, -0.2) is 37.2 Å². The van der Waals surface area contributed by atoms with Gasteiger partial charge in [0.25, 0.3) is 0 Å². The van der Waals surface area contributed by atoms with Crippen molar-refractivity contribution < 1.29 is 28.6 Å². The van der Waals surface area contributed by atoms with Gasteiger partial charge in [-0.1, -0.05) is 254 Å². The summed E-state index contributed by atoms with van der Waals surface area (Å²) in [5, 5.41) is 0. The van der Waals surface area contributed by atoms with Crippen molar-refractivity contribution in [2.75, 3.05) is 13.2 Å². The summed E-state index contributed by atoms with van der Waals surface area (Å²) in [4.78, 5) is 38.4. The SMILES string of the molecule is CC/C=C\C/C=C\C/C=C\C/C=C\C/C=C\C/C=C\C/C=C\CCCCCC(=O)OCC(COC(=O)CCCCCCCC/C=C\C/C=C\C/C=C\CCCCC)OC(=O)CCCCC/C=C\C/C=C\C/C=C\C/C=C\C/C=C\CC. The summed E-state index contributed by atoms with van der Waals surface area (Å²) in [6.07, 6.45) is 100. The summed E-state index contributed by atoms with van der Waals surface area (Å²) >= 11 is 0. The maximum Gasteiger partial charge on any atom is 0.306 e. The summed E-state index contributed by atoms with van der Waals surface area (Å²) in [6.45, 7) is 6.31. The lowest BCUT2D eigenvalue weighted by molar-refractivity contribution is -0.167. The molecule has 1 atom stereocenters. The molecule has 0 spiro atoms. The van der Waals surface area contributed by atoms with Crippen LogP contribution in [0, 0.1) is 0 Å². The number of hydrogen-bond donors (Lipinski definition) is 0. The Labute approximate surface area is 497 Å². The largest absolute Gasteiger partial charge is 0.462 e. The standard InChI is InChI=1S/C75H116O6/c1-4-7-10-13-16-19-22-25-28-31-34-35-36-37-38-39-42-44-47-50-53-56-59-62-65-68-74(77)80-71-72(81-75(78)69-66-63-60-57-54-51-48-45-41-33-30-27-24-21-18-15-12-9-6-3)70-79-73(76)67-64-61-58-55-52-49-46-43-40-32-29-26-23-20-17-14-11-8-5-2/h7,9-10,12,16-21,25-30,34-35,37-38,40-45,50-51,53-54,72H,4-6,8,11,13-15,22-24,31-33,36,39,46-49,52,55-71H2,1-3H3/b10-7-,12-9-,19-16-,20-17-,21-18-,28-25-,29-26-,30-27-,35-34-,38-37-,43-40-,44-42-,45-41-,53-50-,54-51-. The summed E-state index contributed by atoms with van der Waals surface area (Å²) in [7, 11) is 0. The second kappa shape index (κ2) is 67.0. The number of allylic oxidation sites excluding steroid dienone is 30. The van der Waals surface area contributed by atoms with E-state index < -0.39 is 6.10 Å². The Bertz CT molecular complexity index is 1900. The molecule has 0 aliphatic heterocycles. The first-order valence-corrected chi connectivity index (χ1v) is 32.3. The minimum Gasteiger partial charge on any atom is -0.462 e. The van der Waals surface area contributed by atoms with E-state index in [-0.39, 0.29) is 37.5 Å². The molecule has 0 saturated heterocycles. The zero-order valence-corrected chi connectivity index (χ0v) is 51.7. The molecule has 0 N–H and O–H groups in total. The third-order valence-electron chi connectivity index (χ3n) is 12.9. The predicted molar refractivity (Wildman–Crippen MR) is 352 cm³/mol. The van der Waals surface area contributed by atoms with Gasteiger partial charge in [-0.3, -0.25) is 14.4 Å². The maximum atomic E-state index is 12.9. The van der Waals surface area contributed by atoms with Crippen LogP contribution in [0.2, 0.25) is 0 Å². The summed E-state index contributed by atoms with van der Waals surface area (Å²) in [5.41, 5.74) is 0. The lowest BCUT2D eigenvalue weighted by Crippen LogP contribution is -2.30. The number of rotatable bonds is 56. The number of carbonyl (C=O) groups excluding carboxylic acids is 3. The molecule has 0 rings (SSSR count). The highest BCUT2D eigenvalue weighted by Gasteiger charge is 2.19. The molecule has 0 bridgehead atoms. The number of carbonyl (C=O) groups is 3. The highest BCUT2D eigenvalue weighted by Crippen LogP contribution is 2.13. The van der Waals surface area contributed by atoms with Gasteiger partial charge in [-0.05, 0) is 161 Å². The highest BCUT2D eigenvalue weighted by atomic mass is 16.6. The van der Waals surface area contributed by atoms with E-state index in [1.165, 1.54) is 38.5 Å². The molecule has 0 fully saturated rings. The normalized spacial score (nSPS) is 13.4. The molecule has 0 radical (unpaired) electrons. The average Bonchev–Trinajstić information content (AvgIpc) is 3.47. The minimum atomic E-state index is -0.828. The van der Waals surface area contributed by atoms with Gasteiger partial charge in [-0.25, -0.2) is 0 Å². The van der Waals surface area contributed by atoms with E-state index in [9.17, 15) is 14.4 Å². The summed E-state index contributed by atoms with van der Waals surface area (Å²) in [5.74, 6) is -1.00. The molecule has 0 heterocycles. The van der Waals surface area contributed by atoms with E-state index in [0.29, 0.717) is 19.3 Å². The van der Waals surface area contributed by atoms with Crippen LogP contribution < -0.4 is 0 Å². The van der Waals surface area contributed by atoms with E-state index in [2.05, 4.69) is 203 Å². The Morgan fingerprint density at radius 3 is 0.765 bits per heavy atom. The first-order chi connectivity index (χ1) is 40.0. The van der Waals surface area contributed by atoms with Crippen LogP contribution in [0.3, 0.4) is 0 Å². The quantitative estimate of drug-likeness (QED) is 0.0261. The monoisotopic (exact) mass is 1110 g/mol. The molecule has 0 aliphatic rings. The topological polar surface area (TPSA) is 78.9 Å². The number of hydrogen-bond acceptors (Lipinski definition) is 6. The Morgan fingerprint density at radius 1 is 0.259 bits per heavy atom. The molecule has 6 nitrogen and oxygen atoms in total. The van der Waals surface area contributed by atoms with Crippen molar-refractivity contribution in [3.8, 4) is 0 Å². The zero-order chi connectivity index (χ0) is 58.5. The van der Waals surface area contributed by atoms with Crippen LogP contribution in [-0.2, 0) is 28.6 Å². The Kier molecular flexibility index (Phi) is 62.5. The first kappa shape index (κ1) is 75.5. The molecule has 0 saturated carbocycles.